The summed E-state index contributed by atoms with van der Waals surface area (Å²) >= 11 is 0. The summed E-state index contributed by atoms with van der Waals surface area (Å²) in [4.78, 5) is 38.8. The Morgan fingerprint density at radius 3 is 2.18 bits per heavy atom. The Balaban J connectivity index is 1.31. The molecule has 0 spiro atoms. The Morgan fingerprint density at radius 1 is 0.947 bits per heavy atom. The van der Waals surface area contributed by atoms with Crippen LogP contribution in [0.15, 0.2) is 85.1 Å². The maximum absolute atomic E-state index is 13.3. The number of carbonyl (C=O) groups excluding carboxylic acids is 2. The van der Waals surface area contributed by atoms with Gasteiger partial charge >= 0.3 is 12.1 Å². The molecule has 2 amide bonds. The van der Waals surface area contributed by atoms with Gasteiger partial charge in [-0.1, -0.05) is 78.9 Å². The molecule has 38 heavy (non-hydrogen) atoms. The van der Waals surface area contributed by atoms with E-state index in [1.165, 1.54) is 15.8 Å². The molecule has 0 fully saturated rings. The lowest BCUT2D eigenvalue weighted by atomic mass is 9.98. The second-order valence-electron chi connectivity index (χ2n) is 9.06. The Labute approximate surface area is 219 Å². The van der Waals surface area contributed by atoms with Gasteiger partial charge in [0, 0.05) is 25.7 Å². The van der Waals surface area contributed by atoms with Crippen LogP contribution in [0.4, 0.5) is 10.5 Å². The zero-order chi connectivity index (χ0) is 26.6. The predicted octanol–water partition coefficient (Wildman–Crippen LogP) is 4.51. The van der Waals surface area contributed by atoms with Crippen LogP contribution in [-0.4, -0.2) is 50.9 Å². The molecule has 3 aromatic carbocycles. The molecule has 1 aromatic heterocycles. The molecule has 0 atom stereocenters. The summed E-state index contributed by atoms with van der Waals surface area (Å²) in [6.45, 7) is -0.329. The zero-order valence-electron chi connectivity index (χ0n) is 20.7. The number of ether oxygens (including phenoxy) is 1. The molecule has 1 heterocycles. The fourth-order valence-corrected chi connectivity index (χ4v) is 4.80. The number of nitrogens with one attached hydrogen (secondary N) is 1. The van der Waals surface area contributed by atoms with Gasteiger partial charge in [-0.3, -0.25) is 19.6 Å². The van der Waals surface area contributed by atoms with Gasteiger partial charge < -0.3 is 14.7 Å². The second kappa shape index (κ2) is 10.6. The van der Waals surface area contributed by atoms with Gasteiger partial charge in [0.25, 0.3) is 5.91 Å². The fraction of sp³-hybridized carbons (Fsp3) is 0.172. The summed E-state index contributed by atoms with van der Waals surface area (Å²) in [6, 6.07) is 25.1. The largest absolute Gasteiger partial charge is 0.480 e. The number of benzene rings is 3. The first-order chi connectivity index (χ1) is 18.4. The Morgan fingerprint density at radius 2 is 1.55 bits per heavy atom. The highest BCUT2D eigenvalue weighted by Gasteiger charge is 2.30. The molecule has 0 saturated heterocycles. The minimum Gasteiger partial charge on any atom is -0.480 e. The van der Waals surface area contributed by atoms with Gasteiger partial charge in [0.1, 0.15) is 13.2 Å². The number of rotatable bonds is 8. The summed E-state index contributed by atoms with van der Waals surface area (Å²) in [5.41, 5.74) is 5.25. The first-order valence-corrected chi connectivity index (χ1v) is 12.1. The number of anilines is 1. The highest BCUT2D eigenvalue weighted by Crippen LogP contribution is 2.44. The molecule has 2 N–H and O–H groups in total. The minimum atomic E-state index is -1.16. The summed E-state index contributed by atoms with van der Waals surface area (Å²) in [7, 11) is 1.61. The molecule has 1 aliphatic rings. The lowest BCUT2D eigenvalue weighted by molar-refractivity contribution is -0.137. The van der Waals surface area contributed by atoms with Crippen molar-refractivity contribution in [1.29, 1.82) is 0 Å². The second-order valence-corrected chi connectivity index (χ2v) is 9.06. The number of fused-ring (bicyclic) bond motifs is 3. The highest BCUT2D eigenvalue weighted by molar-refractivity contribution is 6.01. The van der Waals surface area contributed by atoms with Gasteiger partial charge in [-0.05, 0) is 27.8 Å². The van der Waals surface area contributed by atoms with E-state index in [4.69, 9.17) is 4.74 Å². The number of carboxylic acids is 1. The van der Waals surface area contributed by atoms with Gasteiger partial charge in [-0.15, -0.1) is 0 Å². The SMILES string of the molecule is Cn1cc(NC(=O)OCC2c3ccccc3-c3ccccc32)c(C(=O)N(CC(=O)O)Cc2ccccc2)n1. The van der Waals surface area contributed by atoms with E-state index >= 15 is 0 Å². The van der Waals surface area contributed by atoms with Gasteiger partial charge in [0.05, 0.1) is 5.69 Å². The number of nitrogens with zero attached hydrogens (tertiary/aromatic N) is 3. The van der Waals surface area contributed by atoms with Gasteiger partial charge in [-0.25, -0.2) is 4.79 Å². The van der Waals surface area contributed by atoms with Crippen LogP contribution in [0.3, 0.4) is 0 Å². The highest BCUT2D eigenvalue weighted by atomic mass is 16.5. The number of hydrogen-bond donors (Lipinski definition) is 2. The molecule has 9 nitrogen and oxygen atoms in total. The number of carbonyl (C=O) groups is 3. The van der Waals surface area contributed by atoms with Crippen molar-refractivity contribution in [2.24, 2.45) is 7.05 Å². The maximum atomic E-state index is 13.3. The summed E-state index contributed by atoms with van der Waals surface area (Å²) < 4.78 is 6.98. The topological polar surface area (TPSA) is 114 Å². The van der Waals surface area contributed by atoms with Crippen LogP contribution in [0.2, 0.25) is 0 Å². The molecule has 192 valence electrons. The molecular formula is C29H26N4O5. The lowest BCUT2D eigenvalue weighted by Crippen LogP contribution is -2.36. The number of carboxylic acid groups (broad SMARTS) is 1. The van der Waals surface area contributed by atoms with E-state index in [0.717, 1.165) is 27.8 Å². The third kappa shape index (κ3) is 5.12. The number of hydrogen-bond acceptors (Lipinski definition) is 5. The Bertz CT molecular complexity index is 1450. The van der Waals surface area contributed by atoms with Gasteiger partial charge in [0.2, 0.25) is 0 Å². The smallest absolute Gasteiger partial charge is 0.411 e. The standard InChI is InChI=1S/C29H26N4O5/c1-32-16-25(27(31-32)28(36)33(17-26(34)35)15-19-9-3-2-4-10-19)30-29(37)38-18-24-22-13-7-5-11-20(22)21-12-6-8-14-23(21)24/h2-14,16,24H,15,17-18H2,1H3,(H,30,37)(H,34,35). The van der Waals surface area contributed by atoms with Crippen molar-refractivity contribution in [3.8, 4) is 11.1 Å². The van der Waals surface area contributed by atoms with Crippen molar-refractivity contribution >= 4 is 23.7 Å². The number of amides is 2. The molecule has 9 heteroatoms. The van der Waals surface area contributed by atoms with Crippen LogP contribution in [-0.2, 0) is 23.1 Å². The summed E-state index contributed by atoms with van der Waals surface area (Å²) in [5, 5.41) is 16.2. The molecule has 1 aliphatic carbocycles. The van der Waals surface area contributed by atoms with E-state index in [0.29, 0.717) is 0 Å². The van der Waals surface area contributed by atoms with Crippen molar-refractivity contribution in [3.63, 3.8) is 0 Å². The third-order valence-electron chi connectivity index (χ3n) is 6.44. The van der Waals surface area contributed by atoms with Crippen molar-refractivity contribution < 1.29 is 24.2 Å². The van der Waals surface area contributed by atoms with E-state index in [2.05, 4.69) is 22.5 Å². The molecule has 5 rings (SSSR count). The number of aliphatic carboxylic acids is 1. The van der Waals surface area contributed by atoms with Crippen LogP contribution in [0.1, 0.15) is 33.1 Å². The molecule has 0 bridgehead atoms. The monoisotopic (exact) mass is 510 g/mol. The predicted molar refractivity (Wildman–Crippen MR) is 141 cm³/mol. The minimum absolute atomic E-state index is 0.0711. The summed E-state index contributed by atoms with van der Waals surface area (Å²) in [5.74, 6) is -1.89. The van der Waals surface area contributed by atoms with Crippen LogP contribution >= 0.6 is 0 Å². The van der Waals surface area contributed by atoms with Gasteiger partial charge in [-0.2, -0.15) is 5.10 Å². The average molecular weight is 511 g/mol. The summed E-state index contributed by atoms with van der Waals surface area (Å²) in [6.07, 6.45) is 0.748. The van der Waals surface area contributed by atoms with Crippen molar-refractivity contribution in [2.45, 2.75) is 12.5 Å². The quantitative estimate of drug-likeness (QED) is 0.361. The lowest BCUT2D eigenvalue weighted by Gasteiger charge is -2.20. The molecule has 0 unspecified atom stereocenters. The zero-order valence-corrected chi connectivity index (χ0v) is 20.7. The van der Waals surface area contributed by atoms with E-state index in [-0.39, 0.29) is 30.5 Å². The van der Waals surface area contributed by atoms with Crippen LogP contribution in [0.5, 0.6) is 0 Å². The van der Waals surface area contributed by atoms with Crippen LogP contribution in [0.25, 0.3) is 11.1 Å². The molecule has 0 aliphatic heterocycles. The molecular weight excluding hydrogens is 484 g/mol. The van der Waals surface area contributed by atoms with E-state index in [1.54, 1.807) is 19.2 Å². The Hall–Kier alpha value is -4.92. The molecule has 0 radical (unpaired) electrons. The molecule has 4 aromatic rings. The third-order valence-corrected chi connectivity index (χ3v) is 6.44. The van der Waals surface area contributed by atoms with E-state index in [9.17, 15) is 19.5 Å². The maximum Gasteiger partial charge on any atom is 0.411 e. The normalized spacial score (nSPS) is 11.9. The fourth-order valence-electron chi connectivity index (χ4n) is 4.80. The van der Waals surface area contributed by atoms with E-state index < -0.39 is 24.5 Å². The van der Waals surface area contributed by atoms with Crippen molar-refractivity contribution in [3.05, 3.63) is 107 Å². The number of aromatic nitrogens is 2. The van der Waals surface area contributed by atoms with E-state index in [1.807, 2.05) is 54.6 Å². The van der Waals surface area contributed by atoms with Crippen LogP contribution in [0, 0.1) is 0 Å². The van der Waals surface area contributed by atoms with Crippen LogP contribution < -0.4 is 5.32 Å². The van der Waals surface area contributed by atoms with Gasteiger partial charge in [0.15, 0.2) is 5.69 Å². The van der Waals surface area contributed by atoms with Crippen molar-refractivity contribution in [1.82, 2.24) is 14.7 Å². The number of aryl methyl sites for hydroxylation is 1. The van der Waals surface area contributed by atoms with Crippen molar-refractivity contribution in [2.75, 3.05) is 18.5 Å². The first kappa shape index (κ1) is 24.8. The first-order valence-electron chi connectivity index (χ1n) is 12.1. The Kier molecular flexibility index (Phi) is 6.90. The average Bonchev–Trinajstić information content (AvgIpc) is 3.44. The molecule has 0 saturated carbocycles.